The van der Waals surface area contributed by atoms with Gasteiger partial charge in [-0.1, -0.05) is 35.8 Å². The molecule has 2 aliphatic rings. The van der Waals surface area contributed by atoms with Crippen LogP contribution in [0, 0.1) is 33.8 Å². The summed E-state index contributed by atoms with van der Waals surface area (Å²) in [5, 5.41) is 25.7. The minimum Gasteiger partial charge on any atom is -0.496 e. The molecule has 2 aromatic carbocycles. The lowest BCUT2D eigenvalue weighted by Crippen LogP contribution is -2.42. The van der Waals surface area contributed by atoms with E-state index in [1.54, 1.807) is 6.07 Å². The average Bonchev–Trinajstić information content (AvgIpc) is 3.37. The first-order chi connectivity index (χ1) is 19.4. The number of benzene rings is 2. The van der Waals surface area contributed by atoms with E-state index in [1.165, 1.54) is 24.2 Å². The number of rotatable bonds is 6. The number of Topliss-reactive ketones (excluding diaryl/α,β-unsaturated/α-hetero) is 1. The predicted molar refractivity (Wildman–Crippen MR) is 157 cm³/mol. The van der Waals surface area contributed by atoms with Crippen molar-refractivity contribution < 1.29 is 14.5 Å². The molecule has 41 heavy (non-hydrogen) atoms. The zero-order valence-corrected chi connectivity index (χ0v) is 24.7. The lowest BCUT2D eigenvalue weighted by Gasteiger charge is -2.44. The van der Waals surface area contributed by atoms with Crippen molar-refractivity contribution in [1.82, 2.24) is 9.78 Å². The summed E-state index contributed by atoms with van der Waals surface area (Å²) in [6.07, 6.45) is 3.47. The van der Waals surface area contributed by atoms with Crippen LogP contribution < -0.4 is 15.4 Å². The van der Waals surface area contributed by atoms with Crippen LogP contribution in [0.4, 0.5) is 11.4 Å². The molecule has 11 heteroatoms. The lowest BCUT2D eigenvalue weighted by molar-refractivity contribution is -0.385. The first kappa shape index (κ1) is 28.1. The Morgan fingerprint density at radius 2 is 2.02 bits per heavy atom. The highest BCUT2D eigenvalue weighted by molar-refractivity contribution is 9.10. The Balaban J connectivity index is 1.69. The van der Waals surface area contributed by atoms with E-state index >= 15 is 0 Å². The zero-order valence-electron chi connectivity index (χ0n) is 23.1. The average molecular weight is 618 g/mol. The molecule has 0 amide bonds. The number of aryl methyl sites for hydroxylation is 1. The van der Waals surface area contributed by atoms with E-state index in [0.717, 1.165) is 21.4 Å². The number of methoxy groups -OCH3 is 1. The van der Waals surface area contributed by atoms with E-state index in [2.05, 4.69) is 40.9 Å². The van der Waals surface area contributed by atoms with E-state index in [0.29, 0.717) is 35.3 Å². The minimum atomic E-state index is -0.679. The summed E-state index contributed by atoms with van der Waals surface area (Å²) in [7, 11) is 1.54. The number of carbonyl (C=O) groups excluding carboxylic acids is 1. The summed E-state index contributed by atoms with van der Waals surface area (Å²) >= 11 is 3.52. The Hall–Kier alpha value is -4.43. The van der Waals surface area contributed by atoms with E-state index < -0.39 is 10.8 Å². The molecule has 1 aromatic heterocycles. The van der Waals surface area contributed by atoms with Gasteiger partial charge < -0.3 is 10.5 Å². The third kappa shape index (κ3) is 5.11. The second-order valence-corrected chi connectivity index (χ2v) is 12.1. The van der Waals surface area contributed by atoms with Crippen molar-refractivity contribution in [2.24, 2.45) is 11.1 Å². The maximum atomic E-state index is 13.9. The van der Waals surface area contributed by atoms with Crippen LogP contribution in [-0.2, 0) is 11.3 Å². The first-order valence-electron chi connectivity index (χ1n) is 13.0. The quantitative estimate of drug-likeness (QED) is 0.268. The van der Waals surface area contributed by atoms with Gasteiger partial charge in [0.15, 0.2) is 5.78 Å². The normalized spacial score (nSPS) is 18.3. The van der Waals surface area contributed by atoms with Gasteiger partial charge in [0.1, 0.15) is 24.0 Å². The third-order valence-corrected chi connectivity index (χ3v) is 8.07. The SMILES string of the molecule is COc1ccc([C@H]2C(C#N)=C(N)N(c3ccc(Br)cc3C)C3=C2C(=O)CC(C)(C)C3)cc1Cn1cc([N+](=O)[O-])cn1. The Bertz CT molecular complexity index is 1700. The highest BCUT2D eigenvalue weighted by Gasteiger charge is 2.45. The number of nitrogens with two attached hydrogens (primary N) is 1. The van der Waals surface area contributed by atoms with Gasteiger partial charge in [-0.15, -0.1) is 0 Å². The molecule has 0 spiro atoms. The van der Waals surface area contributed by atoms with Crippen molar-refractivity contribution >= 4 is 33.1 Å². The van der Waals surface area contributed by atoms with Gasteiger partial charge in [0, 0.05) is 27.7 Å². The number of nitrogens with zero attached hydrogens (tertiary/aromatic N) is 5. The van der Waals surface area contributed by atoms with Crippen molar-refractivity contribution in [3.8, 4) is 11.8 Å². The maximum Gasteiger partial charge on any atom is 0.307 e. The molecule has 2 N–H and O–H groups in total. The number of allylic oxidation sites excluding steroid dienone is 3. The van der Waals surface area contributed by atoms with Gasteiger partial charge in [-0.05, 0) is 60.2 Å². The van der Waals surface area contributed by atoms with Crippen LogP contribution in [0.1, 0.15) is 49.3 Å². The molecule has 10 nitrogen and oxygen atoms in total. The summed E-state index contributed by atoms with van der Waals surface area (Å²) in [6.45, 7) is 6.28. The first-order valence-corrected chi connectivity index (χ1v) is 13.8. The fraction of sp³-hybridized carbons (Fsp3) is 0.300. The van der Waals surface area contributed by atoms with Gasteiger partial charge in [0.2, 0.25) is 0 Å². The molecular formula is C30H29BrN6O4. The van der Waals surface area contributed by atoms with Crippen LogP contribution >= 0.6 is 15.9 Å². The number of halogens is 1. The molecule has 0 radical (unpaired) electrons. The van der Waals surface area contributed by atoms with Gasteiger partial charge in [0.05, 0.1) is 41.8 Å². The molecule has 0 fully saturated rings. The van der Waals surface area contributed by atoms with Crippen LogP contribution in [-0.4, -0.2) is 27.6 Å². The minimum absolute atomic E-state index is 0.0265. The molecule has 5 rings (SSSR count). The van der Waals surface area contributed by atoms with Crippen LogP contribution in [0.2, 0.25) is 0 Å². The van der Waals surface area contributed by atoms with Crippen molar-refractivity contribution in [3.05, 3.63) is 103 Å². The number of nitro groups is 1. The molecule has 210 valence electrons. The van der Waals surface area contributed by atoms with Crippen molar-refractivity contribution in [1.29, 1.82) is 5.26 Å². The van der Waals surface area contributed by atoms with E-state index in [-0.39, 0.29) is 34.8 Å². The topological polar surface area (TPSA) is 140 Å². The molecule has 0 unspecified atom stereocenters. The molecule has 1 aliphatic heterocycles. The van der Waals surface area contributed by atoms with Crippen LogP contribution in [0.5, 0.6) is 5.75 Å². The van der Waals surface area contributed by atoms with Gasteiger partial charge >= 0.3 is 5.69 Å². The highest BCUT2D eigenvalue weighted by atomic mass is 79.9. The Kier molecular flexibility index (Phi) is 7.21. The predicted octanol–water partition coefficient (Wildman–Crippen LogP) is 5.86. The fourth-order valence-corrected chi connectivity index (χ4v) is 6.27. The summed E-state index contributed by atoms with van der Waals surface area (Å²) in [4.78, 5) is 26.4. The standard InChI is InChI=1S/C30H29BrN6O4/c1-17-9-20(31)6-7-23(17)36-24-11-30(2,3)12-25(38)28(24)27(22(13-32)29(36)33)18-5-8-26(41-4)19(10-18)15-35-16-21(14-34-35)37(39)40/h5-10,14,16,27H,11-12,15,33H2,1-4H3/t27-/m0/s1. The van der Waals surface area contributed by atoms with Crippen molar-refractivity contribution in [2.45, 2.75) is 46.1 Å². The molecule has 1 atom stereocenters. The largest absolute Gasteiger partial charge is 0.496 e. The number of nitriles is 1. The summed E-state index contributed by atoms with van der Waals surface area (Å²) < 4.78 is 7.94. The van der Waals surface area contributed by atoms with Crippen molar-refractivity contribution in [3.63, 3.8) is 0 Å². The smallest absolute Gasteiger partial charge is 0.307 e. The molecule has 1 aliphatic carbocycles. The van der Waals surface area contributed by atoms with Gasteiger partial charge in [-0.25, -0.2) is 0 Å². The van der Waals surface area contributed by atoms with E-state index in [9.17, 15) is 20.2 Å². The molecule has 2 heterocycles. The van der Waals surface area contributed by atoms with Crippen LogP contribution in [0.25, 0.3) is 0 Å². The fourth-order valence-electron chi connectivity index (χ4n) is 5.80. The van der Waals surface area contributed by atoms with Gasteiger partial charge in [-0.3, -0.25) is 24.5 Å². The van der Waals surface area contributed by atoms with Gasteiger partial charge in [0.25, 0.3) is 0 Å². The van der Waals surface area contributed by atoms with E-state index in [4.69, 9.17) is 10.5 Å². The number of carbonyl (C=O) groups is 1. The van der Waals surface area contributed by atoms with Crippen molar-refractivity contribution in [2.75, 3.05) is 12.0 Å². The van der Waals surface area contributed by atoms with E-state index in [1.807, 2.05) is 42.2 Å². The molecule has 0 saturated carbocycles. The highest BCUT2D eigenvalue weighted by Crippen LogP contribution is 2.51. The Morgan fingerprint density at radius 3 is 2.66 bits per heavy atom. The number of ketones is 1. The molecule has 3 aromatic rings. The molecular weight excluding hydrogens is 588 g/mol. The third-order valence-electron chi connectivity index (χ3n) is 7.58. The molecule has 0 bridgehead atoms. The zero-order chi connectivity index (χ0) is 29.6. The maximum absolute atomic E-state index is 13.9. The monoisotopic (exact) mass is 616 g/mol. The lowest BCUT2D eigenvalue weighted by atomic mass is 9.68. The number of aromatic nitrogens is 2. The second kappa shape index (κ2) is 10.5. The number of anilines is 1. The van der Waals surface area contributed by atoms with Crippen LogP contribution in [0.3, 0.4) is 0 Å². The Morgan fingerprint density at radius 1 is 1.27 bits per heavy atom. The van der Waals surface area contributed by atoms with Gasteiger partial charge in [-0.2, -0.15) is 10.4 Å². The summed E-state index contributed by atoms with van der Waals surface area (Å²) in [5.74, 6) is 0.131. The molecule has 0 saturated heterocycles. The summed E-state index contributed by atoms with van der Waals surface area (Å²) in [5.41, 5.74) is 11.2. The number of hydrogen-bond acceptors (Lipinski definition) is 8. The Labute approximate surface area is 246 Å². The van der Waals surface area contributed by atoms with Crippen LogP contribution in [0.15, 0.2) is 75.9 Å². The number of hydrogen-bond donors (Lipinski definition) is 1. The summed E-state index contributed by atoms with van der Waals surface area (Å²) in [6, 6.07) is 13.6. The number of ether oxygens (including phenoxy) is 1. The second-order valence-electron chi connectivity index (χ2n) is 11.1.